The van der Waals surface area contributed by atoms with E-state index in [1.54, 1.807) is 0 Å². The normalized spacial score (nSPS) is 28.7. The first-order chi connectivity index (χ1) is 7.57. The van der Waals surface area contributed by atoms with Gasteiger partial charge in [0.1, 0.15) is 11.4 Å². The first kappa shape index (κ1) is 11.5. The Balaban J connectivity index is 2.39. The summed E-state index contributed by atoms with van der Waals surface area (Å²) in [6.45, 7) is 6.65. The van der Waals surface area contributed by atoms with Gasteiger partial charge >= 0.3 is 0 Å². The molecule has 0 aliphatic carbocycles. The Morgan fingerprint density at radius 3 is 2.69 bits per heavy atom. The molecular weight excluding hydrogens is 198 g/mol. The molecule has 0 amide bonds. The lowest BCUT2D eigenvalue weighted by Gasteiger charge is -2.42. The molecule has 0 radical (unpaired) electrons. The van der Waals surface area contributed by atoms with E-state index < -0.39 is 0 Å². The molecule has 0 bridgehead atoms. The van der Waals surface area contributed by atoms with E-state index >= 15 is 0 Å². The van der Waals surface area contributed by atoms with Crippen LogP contribution in [0.25, 0.3) is 0 Å². The zero-order chi connectivity index (χ0) is 11.8. The Kier molecular flexibility index (Phi) is 2.94. The molecule has 1 N–H and O–H groups in total. The third-order valence-electron chi connectivity index (χ3n) is 3.82. The quantitative estimate of drug-likeness (QED) is 0.825. The smallest absolute Gasteiger partial charge is 0.124 e. The average Bonchev–Trinajstić information content (AvgIpc) is 2.27. The van der Waals surface area contributed by atoms with Crippen LogP contribution in [0.2, 0.25) is 0 Å². The van der Waals surface area contributed by atoms with Crippen molar-refractivity contribution in [3.05, 3.63) is 29.8 Å². The lowest BCUT2D eigenvalue weighted by molar-refractivity contribution is 0.00686. The number of ether oxygens (including phenoxy) is 1. The molecule has 2 heteroatoms. The van der Waals surface area contributed by atoms with Gasteiger partial charge in [-0.3, -0.25) is 0 Å². The number of fused-ring (bicyclic) bond motifs is 1. The second kappa shape index (κ2) is 4.10. The molecule has 2 atom stereocenters. The predicted molar refractivity (Wildman–Crippen MR) is 66.7 cm³/mol. The largest absolute Gasteiger partial charge is 0.487 e. The highest BCUT2D eigenvalue weighted by Gasteiger charge is 2.38. The van der Waals surface area contributed by atoms with Gasteiger partial charge in [0, 0.05) is 18.0 Å². The zero-order valence-corrected chi connectivity index (χ0v) is 10.6. The molecule has 1 heterocycles. The Hall–Kier alpha value is -1.02. The molecule has 1 aliphatic heterocycles. The van der Waals surface area contributed by atoms with Gasteiger partial charge in [-0.15, -0.1) is 0 Å². The van der Waals surface area contributed by atoms with Gasteiger partial charge in [-0.25, -0.2) is 0 Å². The Bertz CT molecular complexity index is 375. The summed E-state index contributed by atoms with van der Waals surface area (Å²) in [5.74, 6) is 1.54. The topological polar surface area (TPSA) is 21.3 Å². The van der Waals surface area contributed by atoms with Crippen molar-refractivity contribution in [3.63, 3.8) is 0 Å². The van der Waals surface area contributed by atoms with Gasteiger partial charge in [-0.05, 0) is 26.0 Å². The number of hydrogen-bond donors (Lipinski definition) is 1. The van der Waals surface area contributed by atoms with Crippen LogP contribution in [0.3, 0.4) is 0 Å². The minimum absolute atomic E-state index is 0.0674. The summed E-state index contributed by atoms with van der Waals surface area (Å²) in [5, 5.41) is 3.39. The molecule has 16 heavy (non-hydrogen) atoms. The van der Waals surface area contributed by atoms with Gasteiger partial charge in [0.15, 0.2) is 0 Å². The third kappa shape index (κ3) is 1.82. The van der Waals surface area contributed by atoms with Crippen molar-refractivity contribution < 1.29 is 4.74 Å². The third-order valence-corrected chi connectivity index (χ3v) is 3.82. The summed E-state index contributed by atoms with van der Waals surface area (Å²) >= 11 is 0. The van der Waals surface area contributed by atoms with Crippen molar-refractivity contribution in [1.29, 1.82) is 0 Å². The standard InChI is InChI=1S/C14H21NO/c1-10(2)14(3)9-12(15-4)11-7-5-6-8-13(11)16-14/h5-8,10,12,15H,9H2,1-4H3. The van der Waals surface area contributed by atoms with Crippen LogP contribution in [-0.2, 0) is 0 Å². The van der Waals surface area contributed by atoms with Gasteiger partial charge in [0.25, 0.3) is 0 Å². The summed E-state index contributed by atoms with van der Waals surface area (Å²) in [5.41, 5.74) is 1.21. The van der Waals surface area contributed by atoms with Crippen molar-refractivity contribution in [1.82, 2.24) is 5.32 Å². The highest BCUT2D eigenvalue weighted by atomic mass is 16.5. The molecule has 0 aromatic heterocycles. The highest BCUT2D eigenvalue weighted by molar-refractivity contribution is 5.38. The number of benzene rings is 1. The number of hydrogen-bond acceptors (Lipinski definition) is 2. The van der Waals surface area contributed by atoms with Crippen LogP contribution in [0.5, 0.6) is 5.75 Å². The molecular formula is C14H21NO. The molecule has 88 valence electrons. The minimum atomic E-state index is -0.0674. The molecule has 2 rings (SSSR count). The maximum absolute atomic E-state index is 6.17. The van der Waals surface area contributed by atoms with E-state index in [9.17, 15) is 0 Å². The van der Waals surface area contributed by atoms with Crippen molar-refractivity contribution >= 4 is 0 Å². The van der Waals surface area contributed by atoms with Gasteiger partial charge in [-0.2, -0.15) is 0 Å². The van der Waals surface area contributed by atoms with Gasteiger partial charge in [-0.1, -0.05) is 32.0 Å². The van der Waals surface area contributed by atoms with Crippen molar-refractivity contribution in [2.75, 3.05) is 7.05 Å². The molecule has 1 aliphatic rings. The van der Waals surface area contributed by atoms with E-state index in [1.807, 2.05) is 13.1 Å². The monoisotopic (exact) mass is 219 g/mol. The van der Waals surface area contributed by atoms with Crippen molar-refractivity contribution in [2.24, 2.45) is 5.92 Å². The first-order valence-electron chi connectivity index (χ1n) is 6.02. The fourth-order valence-corrected chi connectivity index (χ4v) is 2.28. The summed E-state index contributed by atoms with van der Waals surface area (Å²) in [7, 11) is 2.02. The molecule has 0 saturated heterocycles. The minimum Gasteiger partial charge on any atom is -0.487 e. The molecule has 2 unspecified atom stereocenters. The van der Waals surface area contributed by atoms with E-state index in [0.29, 0.717) is 12.0 Å². The highest BCUT2D eigenvalue weighted by Crippen LogP contribution is 2.42. The van der Waals surface area contributed by atoms with Crippen LogP contribution in [0.4, 0.5) is 0 Å². The first-order valence-corrected chi connectivity index (χ1v) is 6.02. The maximum Gasteiger partial charge on any atom is 0.124 e. The van der Waals surface area contributed by atoms with E-state index in [2.05, 4.69) is 44.3 Å². The van der Waals surface area contributed by atoms with E-state index in [1.165, 1.54) is 5.56 Å². The zero-order valence-electron chi connectivity index (χ0n) is 10.6. The van der Waals surface area contributed by atoms with Crippen LogP contribution in [0.15, 0.2) is 24.3 Å². The van der Waals surface area contributed by atoms with Crippen LogP contribution in [0, 0.1) is 5.92 Å². The van der Waals surface area contributed by atoms with Crippen LogP contribution >= 0.6 is 0 Å². The molecule has 1 aromatic carbocycles. The van der Waals surface area contributed by atoms with Gasteiger partial charge in [0.05, 0.1) is 0 Å². The van der Waals surface area contributed by atoms with E-state index in [4.69, 9.17) is 4.74 Å². The number of nitrogens with one attached hydrogen (secondary N) is 1. The second-order valence-electron chi connectivity index (χ2n) is 5.15. The van der Waals surface area contributed by atoms with Crippen LogP contribution < -0.4 is 10.1 Å². The summed E-state index contributed by atoms with van der Waals surface area (Å²) in [6.07, 6.45) is 1.03. The Morgan fingerprint density at radius 1 is 1.38 bits per heavy atom. The van der Waals surface area contributed by atoms with E-state index in [0.717, 1.165) is 12.2 Å². The van der Waals surface area contributed by atoms with E-state index in [-0.39, 0.29) is 5.60 Å². The predicted octanol–water partition coefficient (Wildman–Crippen LogP) is 3.14. The molecule has 0 saturated carbocycles. The van der Waals surface area contributed by atoms with Gasteiger partial charge in [0.2, 0.25) is 0 Å². The second-order valence-corrected chi connectivity index (χ2v) is 5.15. The van der Waals surface area contributed by atoms with Crippen molar-refractivity contribution in [2.45, 2.75) is 38.8 Å². The lowest BCUT2D eigenvalue weighted by atomic mass is 9.81. The van der Waals surface area contributed by atoms with Gasteiger partial charge < -0.3 is 10.1 Å². The average molecular weight is 219 g/mol. The summed E-state index contributed by atoms with van der Waals surface area (Å²) < 4.78 is 6.17. The Labute approximate surface area is 98.0 Å². The summed E-state index contributed by atoms with van der Waals surface area (Å²) in [6, 6.07) is 8.73. The molecule has 2 nitrogen and oxygen atoms in total. The molecule has 1 aromatic rings. The van der Waals surface area contributed by atoms with Crippen LogP contribution in [0.1, 0.15) is 38.8 Å². The fraction of sp³-hybridized carbons (Fsp3) is 0.571. The van der Waals surface area contributed by atoms with Crippen molar-refractivity contribution in [3.8, 4) is 5.75 Å². The fourth-order valence-electron chi connectivity index (χ4n) is 2.28. The molecule has 0 fully saturated rings. The number of para-hydroxylation sites is 1. The summed E-state index contributed by atoms with van der Waals surface area (Å²) in [4.78, 5) is 0. The van der Waals surface area contributed by atoms with Crippen LogP contribution in [-0.4, -0.2) is 12.6 Å². The molecule has 0 spiro atoms. The maximum atomic E-state index is 6.17. The number of rotatable bonds is 2. The lowest BCUT2D eigenvalue weighted by Crippen LogP contribution is -2.45. The Morgan fingerprint density at radius 2 is 2.06 bits per heavy atom. The SMILES string of the molecule is CNC1CC(C)(C(C)C)Oc2ccccc21.